The largest absolute Gasteiger partial charge is 0.468 e. The molecule has 162 valence electrons. The van der Waals surface area contributed by atoms with E-state index in [0.29, 0.717) is 11.3 Å². The van der Waals surface area contributed by atoms with E-state index in [1.54, 1.807) is 12.1 Å². The van der Waals surface area contributed by atoms with E-state index >= 15 is 0 Å². The van der Waals surface area contributed by atoms with Crippen molar-refractivity contribution in [1.82, 2.24) is 4.31 Å². The van der Waals surface area contributed by atoms with E-state index in [0.717, 1.165) is 23.9 Å². The minimum Gasteiger partial charge on any atom is -0.468 e. The Balaban J connectivity index is 1.36. The fourth-order valence-corrected chi connectivity index (χ4v) is 5.35. The fraction of sp³-hybridized carbons (Fsp3) is 0.160. The predicted octanol–water partition coefficient (Wildman–Crippen LogP) is 4.60. The van der Waals surface area contributed by atoms with Gasteiger partial charge in [-0.25, -0.2) is 8.42 Å². The molecule has 0 spiro atoms. The quantitative estimate of drug-likeness (QED) is 0.469. The van der Waals surface area contributed by atoms with Crippen LogP contribution in [0.1, 0.15) is 27.2 Å². The van der Waals surface area contributed by atoms with E-state index in [4.69, 9.17) is 4.42 Å². The Labute approximate surface area is 186 Å². The number of hydrogen-bond acceptors (Lipinski definition) is 4. The van der Waals surface area contributed by atoms with Gasteiger partial charge in [0.15, 0.2) is 0 Å². The molecule has 6 nitrogen and oxygen atoms in total. The van der Waals surface area contributed by atoms with Gasteiger partial charge in [0.05, 0.1) is 17.7 Å². The van der Waals surface area contributed by atoms with Gasteiger partial charge >= 0.3 is 0 Å². The number of carbonyl (C=O) groups is 1. The third-order valence-electron chi connectivity index (χ3n) is 5.91. The fourth-order valence-electron chi connectivity index (χ4n) is 4.22. The normalized spacial score (nSPS) is 13.1. The summed E-state index contributed by atoms with van der Waals surface area (Å²) in [7, 11) is -2.21. The molecule has 0 saturated heterocycles. The second-order valence-corrected chi connectivity index (χ2v) is 9.98. The highest BCUT2D eigenvalue weighted by Crippen LogP contribution is 2.35. The van der Waals surface area contributed by atoms with Gasteiger partial charge in [-0.05, 0) is 71.8 Å². The topological polar surface area (TPSA) is 79.6 Å². The first-order chi connectivity index (χ1) is 15.4. The predicted molar refractivity (Wildman–Crippen MR) is 123 cm³/mol. The maximum absolute atomic E-state index is 12.9. The molecule has 1 heterocycles. The maximum atomic E-state index is 12.9. The highest BCUT2D eigenvalue weighted by atomic mass is 32.2. The summed E-state index contributed by atoms with van der Waals surface area (Å²) < 4.78 is 32.1. The first kappa shape index (κ1) is 20.5. The van der Waals surface area contributed by atoms with Crippen molar-refractivity contribution in [1.29, 1.82) is 0 Å². The van der Waals surface area contributed by atoms with Crippen molar-refractivity contribution in [3.05, 3.63) is 95.4 Å². The number of carbonyl (C=O) groups excluding carboxylic acids is 1. The zero-order valence-corrected chi connectivity index (χ0v) is 18.4. The molecule has 3 aromatic carbocycles. The van der Waals surface area contributed by atoms with Crippen LogP contribution >= 0.6 is 0 Å². The van der Waals surface area contributed by atoms with Crippen LogP contribution in [0.2, 0.25) is 0 Å². The van der Waals surface area contributed by atoms with Crippen LogP contribution in [-0.4, -0.2) is 25.7 Å². The number of benzene rings is 3. The monoisotopic (exact) mass is 446 g/mol. The molecule has 0 atom stereocenters. The maximum Gasteiger partial charge on any atom is 0.255 e. The molecular formula is C25H22N2O4S. The highest BCUT2D eigenvalue weighted by Gasteiger charge is 2.22. The van der Waals surface area contributed by atoms with Crippen LogP contribution in [0, 0.1) is 0 Å². The Morgan fingerprint density at radius 3 is 2.44 bits per heavy atom. The first-order valence-electron chi connectivity index (χ1n) is 10.4. The molecule has 1 N–H and O–H groups in total. The van der Waals surface area contributed by atoms with Gasteiger partial charge in [0, 0.05) is 23.7 Å². The number of nitrogens with zero attached hydrogens (tertiary/aromatic N) is 1. The molecule has 1 aliphatic carbocycles. The first-order valence-corrected chi connectivity index (χ1v) is 11.8. The number of aryl methyl sites for hydroxylation is 2. The standard InChI is InChI=1S/C25H22N2O4S/c1-27(16-20-5-3-15-31-20)32(29,30)21-12-9-19(10-13-21)25(28)26-23-14-11-18-8-7-17-4-2-6-22(23)24(17)18/h2-6,9-15H,7-8,16H2,1H3,(H,26,28). The third kappa shape index (κ3) is 3.59. The summed E-state index contributed by atoms with van der Waals surface area (Å²) in [6.45, 7) is 0.128. The van der Waals surface area contributed by atoms with Gasteiger partial charge in [0.2, 0.25) is 10.0 Å². The second-order valence-electron chi connectivity index (χ2n) is 7.93. The number of hydrogen-bond donors (Lipinski definition) is 1. The lowest BCUT2D eigenvalue weighted by molar-refractivity contribution is 0.102. The molecule has 0 unspecified atom stereocenters. The summed E-state index contributed by atoms with van der Waals surface area (Å²) in [4.78, 5) is 13.0. The van der Waals surface area contributed by atoms with Crippen LogP contribution in [0.3, 0.4) is 0 Å². The molecule has 7 heteroatoms. The summed E-state index contributed by atoms with van der Waals surface area (Å²) >= 11 is 0. The van der Waals surface area contributed by atoms with Crippen molar-refractivity contribution in [2.45, 2.75) is 24.3 Å². The van der Waals surface area contributed by atoms with Gasteiger partial charge in [-0.2, -0.15) is 4.31 Å². The Hall–Kier alpha value is -3.42. The number of furan rings is 1. The highest BCUT2D eigenvalue weighted by molar-refractivity contribution is 7.89. The Morgan fingerprint density at radius 1 is 0.969 bits per heavy atom. The van der Waals surface area contributed by atoms with Gasteiger partial charge in [-0.1, -0.05) is 24.3 Å². The molecule has 0 saturated carbocycles. The van der Waals surface area contributed by atoms with Crippen molar-refractivity contribution in [3.8, 4) is 0 Å². The van der Waals surface area contributed by atoms with Crippen LogP contribution in [0.4, 0.5) is 5.69 Å². The molecular weight excluding hydrogens is 424 g/mol. The summed E-state index contributed by atoms with van der Waals surface area (Å²) in [6.07, 6.45) is 3.55. The van der Waals surface area contributed by atoms with Crippen LogP contribution in [0.5, 0.6) is 0 Å². The lowest BCUT2D eigenvalue weighted by atomic mass is 10.0. The number of sulfonamides is 1. The molecule has 0 fully saturated rings. The molecule has 0 bridgehead atoms. The summed E-state index contributed by atoms with van der Waals surface area (Å²) in [5, 5.41) is 5.24. The molecule has 4 aromatic rings. The molecule has 0 radical (unpaired) electrons. The lowest BCUT2D eigenvalue weighted by Crippen LogP contribution is -2.26. The summed E-state index contributed by atoms with van der Waals surface area (Å²) in [5.74, 6) is 0.272. The van der Waals surface area contributed by atoms with E-state index in [-0.39, 0.29) is 17.3 Å². The van der Waals surface area contributed by atoms with Crippen molar-refractivity contribution in [2.75, 3.05) is 12.4 Å². The van der Waals surface area contributed by atoms with E-state index < -0.39 is 10.0 Å². The van der Waals surface area contributed by atoms with Gasteiger partial charge < -0.3 is 9.73 Å². The van der Waals surface area contributed by atoms with Gasteiger partial charge in [0.25, 0.3) is 5.91 Å². The number of anilines is 1. The zero-order valence-electron chi connectivity index (χ0n) is 17.5. The Bertz CT molecular complexity index is 1400. The molecule has 1 aliphatic rings. The average Bonchev–Trinajstić information content (AvgIpc) is 3.46. The summed E-state index contributed by atoms with van der Waals surface area (Å²) in [6, 6.07) is 19.6. The minimum atomic E-state index is -3.71. The van der Waals surface area contributed by atoms with Crippen LogP contribution in [0.15, 0.2) is 82.3 Å². The van der Waals surface area contributed by atoms with Crippen molar-refractivity contribution < 1.29 is 17.6 Å². The SMILES string of the molecule is CN(Cc1ccco1)S(=O)(=O)c1ccc(C(=O)Nc2ccc3c4c(cccc24)CC3)cc1. The van der Waals surface area contributed by atoms with Crippen molar-refractivity contribution in [3.63, 3.8) is 0 Å². The molecule has 0 aliphatic heterocycles. The molecule has 32 heavy (non-hydrogen) atoms. The lowest BCUT2D eigenvalue weighted by Gasteiger charge is -2.16. The molecule has 1 aromatic heterocycles. The van der Waals surface area contributed by atoms with Gasteiger partial charge in [-0.15, -0.1) is 0 Å². The minimum absolute atomic E-state index is 0.119. The number of rotatable bonds is 6. The number of amides is 1. The van der Waals surface area contributed by atoms with Crippen LogP contribution in [-0.2, 0) is 29.4 Å². The van der Waals surface area contributed by atoms with Crippen molar-refractivity contribution >= 4 is 32.4 Å². The van der Waals surface area contributed by atoms with E-state index in [1.165, 1.54) is 58.4 Å². The average molecular weight is 447 g/mol. The van der Waals surface area contributed by atoms with E-state index in [9.17, 15) is 13.2 Å². The Morgan fingerprint density at radius 2 is 1.72 bits per heavy atom. The van der Waals surface area contributed by atoms with Gasteiger partial charge in [0.1, 0.15) is 5.76 Å². The zero-order chi connectivity index (χ0) is 22.3. The molecule has 5 rings (SSSR count). The number of nitrogens with one attached hydrogen (secondary N) is 1. The summed E-state index contributed by atoms with van der Waals surface area (Å²) in [5.41, 5.74) is 3.76. The van der Waals surface area contributed by atoms with Crippen LogP contribution in [0.25, 0.3) is 10.8 Å². The third-order valence-corrected chi connectivity index (χ3v) is 7.73. The second kappa shape index (κ2) is 7.93. The van der Waals surface area contributed by atoms with Gasteiger partial charge in [-0.3, -0.25) is 4.79 Å². The van der Waals surface area contributed by atoms with E-state index in [2.05, 4.69) is 17.4 Å². The smallest absolute Gasteiger partial charge is 0.255 e. The molecule has 1 amide bonds. The van der Waals surface area contributed by atoms with Crippen molar-refractivity contribution in [2.24, 2.45) is 0 Å². The Kier molecular flexibility index (Phi) is 5.07. The van der Waals surface area contributed by atoms with E-state index in [1.807, 2.05) is 18.2 Å². The van der Waals surface area contributed by atoms with Crippen LogP contribution < -0.4 is 5.32 Å².